The van der Waals surface area contributed by atoms with Gasteiger partial charge in [-0.05, 0) is 31.5 Å². The fourth-order valence-electron chi connectivity index (χ4n) is 1.60. The first-order valence-corrected chi connectivity index (χ1v) is 6.07. The smallest absolute Gasteiger partial charge is 0.0762 e. The Morgan fingerprint density at radius 3 is 2.88 bits per heavy atom. The molecule has 0 bridgehead atoms. The first-order valence-electron chi connectivity index (χ1n) is 5.69. The van der Waals surface area contributed by atoms with Gasteiger partial charge in [0.2, 0.25) is 0 Å². The van der Waals surface area contributed by atoms with Gasteiger partial charge in [0.15, 0.2) is 0 Å². The molecule has 88 valence electrons. The van der Waals surface area contributed by atoms with Gasteiger partial charge in [-0.1, -0.05) is 37.6 Å². The third-order valence-electron chi connectivity index (χ3n) is 2.56. The lowest BCUT2D eigenvalue weighted by atomic mass is 10.0. The molecule has 1 aromatic heterocycles. The lowest BCUT2D eigenvalue weighted by Crippen LogP contribution is -2.22. The zero-order chi connectivity index (χ0) is 12.0. The summed E-state index contributed by atoms with van der Waals surface area (Å²) in [4.78, 5) is 4.35. The van der Waals surface area contributed by atoms with Crippen molar-refractivity contribution in [2.75, 3.05) is 6.54 Å². The molecule has 0 aliphatic rings. The van der Waals surface area contributed by atoms with Gasteiger partial charge in [0.1, 0.15) is 0 Å². The SMILES string of the molecule is C=C(CC)CC(NCC)c1ncccc1Cl. The van der Waals surface area contributed by atoms with Crippen molar-refractivity contribution in [3.63, 3.8) is 0 Å². The van der Waals surface area contributed by atoms with Gasteiger partial charge >= 0.3 is 0 Å². The number of rotatable bonds is 6. The van der Waals surface area contributed by atoms with Gasteiger partial charge in [0.25, 0.3) is 0 Å². The summed E-state index contributed by atoms with van der Waals surface area (Å²) in [5.41, 5.74) is 2.13. The van der Waals surface area contributed by atoms with Crippen molar-refractivity contribution in [1.82, 2.24) is 10.3 Å². The molecule has 0 aromatic carbocycles. The molecule has 1 aromatic rings. The topological polar surface area (TPSA) is 24.9 Å². The lowest BCUT2D eigenvalue weighted by molar-refractivity contribution is 0.530. The van der Waals surface area contributed by atoms with E-state index >= 15 is 0 Å². The maximum Gasteiger partial charge on any atom is 0.0762 e. The Labute approximate surface area is 103 Å². The number of hydrogen-bond donors (Lipinski definition) is 1. The molecule has 0 saturated carbocycles. The molecular weight excluding hydrogens is 220 g/mol. The molecule has 0 amide bonds. The van der Waals surface area contributed by atoms with E-state index in [2.05, 4.69) is 30.7 Å². The quantitative estimate of drug-likeness (QED) is 0.764. The van der Waals surface area contributed by atoms with Crippen LogP contribution < -0.4 is 5.32 Å². The number of hydrogen-bond acceptors (Lipinski definition) is 2. The van der Waals surface area contributed by atoms with Gasteiger partial charge in [-0.25, -0.2) is 0 Å². The number of halogens is 1. The molecule has 0 saturated heterocycles. The Bertz CT molecular complexity index is 350. The minimum atomic E-state index is 0.172. The number of nitrogens with zero attached hydrogens (tertiary/aromatic N) is 1. The van der Waals surface area contributed by atoms with Crippen molar-refractivity contribution in [2.24, 2.45) is 0 Å². The standard InChI is InChI=1S/C13H19ClN2/c1-4-10(3)9-12(15-5-2)13-11(14)7-6-8-16-13/h6-8,12,15H,3-5,9H2,1-2H3. The van der Waals surface area contributed by atoms with E-state index in [9.17, 15) is 0 Å². The van der Waals surface area contributed by atoms with Crippen LogP contribution in [0.25, 0.3) is 0 Å². The Balaban J connectivity index is 2.85. The van der Waals surface area contributed by atoms with Crippen molar-refractivity contribution in [1.29, 1.82) is 0 Å². The summed E-state index contributed by atoms with van der Waals surface area (Å²) in [6, 6.07) is 3.90. The number of pyridine rings is 1. The fourth-order valence-corrected chi connectivity index (χ4v) is 1.85. The van der Waals surface area contributed by atoms with Gasteiger partial charge in [-0.2, -0.15) is 0 Å². The highest BCUT2D eigenvalue weighted by atomic mass is 35.5. The summed E-state index contributed by atoms with van der Waals surface area (Å²) in [5.74, 6) is 0. The molecule has 1 atom stereocenters. The van der Waals surface area contributed by atoms with Crippen molar-refractivity contribution < 1.29 is 0 Å². The maximum atomic E-state index is 6.15. The monoisotopic (exact) mass is 238 g/mol. The van der Waals surface area contributed by atoms with E-state index in [-0.39, 0.29) is 6.04 Å². The van der Waals surface area contributed by atoms with E-state index in [1.807, 2.05) is 12.1 Å². The van der Waals surface area contributed by atoms with E-state index in [4.69, 9.17) is 11.6 Å². The number of nitrogens with one attached hydrogen (secondary N) is 1. The first kappa shape index (κ1) is 13.2. The van der Waals surface area contributed by atoms with Gasteiger partial charge in [-0.15, -0.1) is 0 Å². The summed E-state index contributed by atoms with van der Waals surface area (Å²) in [7, 11) is 0. The Morgan fingerprint density at radius 2 is 2.31 bits per heavy atom. The molecule has 16 heavy (non-hydrogen) atoms. The minimum absolute atomic E-state index is 0.172. The van der Waals surface area contributed by atoms with Gasteiger partial charge < -0.3 is 5.32 Å². The van der Waals surface area contributed by atoms with Crippen LogP contribution in [0.4, 0.5) is 0 Å². The fraction of sp³-hybridized carbons (Fsp3) is 0.462. The molecule has 0 aliphatic heterocycles. The highest BCUT2D eigenvalue weighted by Crippen LogP contribution is 2.25. The van der Waals surface area contributed by atoms with Crippen LogP contribution in [0.3, 0.4) is 0 Å². The summed E-state index contributed by atoms with van der Waals surface area (Å²) >= 11 is 6.15. The van der Waals surface area contributed by atoms with Crippen molar-refractivity contribution in [3.05, 3.63) is 41.2 Å². The first-order chi connectivity index (χ1) is 7.69. The largest absolute Gasteiger partial charge is 0.309 e. The predicted molar refractivity (Wildman–Crippen MR) is 69.7 cm³/mol. The van der Waals surface area contributed by atoms with Crippen LogP contribution >= 0.6 is 11.6 Å². The van der Waals surface area contributed by atoms with Crippen LogP contribution in [0.1, 0.15) is 38.4 Å². The molecule has 1 unspecified atom stereocenters. The Hall–Kier alpha value is -0.860. The van der Waals surface area contributed by atoms with E-state index in [0.29, 0.717) is 0 Å². The summed E-state index contributed by atoms with van der Waals surface area (Å²) in [6.45, 7) is 9.14. The molecule has 3 heteroatoms. The molecule has 1 heterocycles. The van der Waals surface area contributed by atoms with E-state index in [1.54, 1.807) is 6.20 Å². The van der Waals surface area contributed by atoms with Crippen LogP contribution in [0.2, 0.25) is 5.02 Å². The molecule has 0 spiro atoms. The molecule has 0 aliphatic carbocycles. The zero-order valence-electron chi connectivity index (χ0n) is 9.96. The third-order valence-corrected chi connectivity index (χ3v) is 2.88. The van der Waals surface area contributed by atoms with Crippen molar-refractivity contribution >= 4 is 11.6 Å². The average Bonchev–Trinajstić information content (AvgIpc) is 2.29. The second-order valence-corrected chi connectivity index (χ2v) is 4.20. The zero-order valence-corrected chi connectivity index (χ0v) is 10.7. The third kappa shape index (κ3) is 3.62. The summed E-state index contributed by atoms with van der Waals surface area (Å²) in [6.07, 6.45) is 3.66. The molecule has 2 nitrogen and oxygen atoms in total. The Kier molecular flexibility index (Phi) is 5.50. The minimum Gasteiger partial charge on any atom is -0.309 e. The maximum absolute atomic E-state index is 6.15. The van der Waals surface area contributed by atoms with Gasteiger partial charge in [-0.3, -0.25) is 4.98 Å². The summed E-state index contributed by atoms with van der Waals surface area (Å²) < 4.78 is 0. The van der Waals surface area contributed by atoms with Crippen molar-refractivity contribution in [3.8, 4) is 0 Å². The van der Waals surface area contributed by atoms with E-state index < -0.39 is 0 Å². The average molecular weight is 239 g/mol. The highest BCUT2D eigenvalue weighted by Gasteiger charge is 2.15. The molecule has 0 fully saturated rings. The second-order valence-electron chi connectivity index (χ2n) is 3.79. The predicted octanol–water partition coefficient (Wildman–Crippen LogP) is 3.74. The Morgan fingerprint density at radius 1 is 1.56 bits per heavy atom. The van der Waals surface area contributed by atoms with E-state index in [0.717, 1.165) is 30.1 Å². The van der Waals surface area contributed by atoms with Crippen LogP contribution in [0.5, 0.6) is 0 Å². The molecule has 1 rings (SSSR count). The molecule has 0 radical (unpaired) electrons. The second kappa shape index (κ2) is 6.66. The van der Waals surface area contributed by atoms with Crippen LogP contribution in [0.15, 0.2) is 30.5 Å². The van der Waals surface area contributed by atoms with E-state index in [1.165, 1.54) is 5.57 Å². The van der Waals surface area contributed by atoms with Crippen LogP contribution in [0, 0.1) is 0 Å². The van der Waals surface area contributed by atoms with Crippen LogP contribution in [-0.4, -0.2) is 11.5 Å². The van der Waals surface area contributed by atoms with Gasteiger partial charge in [0, 0.05) is 6.20 Å². The normalized spacial score (nSPS) is 12.4. The molecule has 1 N–H and O–H groups in total. The summed E-state index contributed by atoms with van der Waals surface area (Å²) in [5, 5.41) is 4.12. The molecular formula is C13H19ClN2. The van der Waals surface area contributed by atoms with Gasteiger partial charge in [0.05, 0.1) is 16.8 Å². The van der Waals surface area contributed by atoms with Crippen LogP contribution in [-0.2, 0) is 0 Å². The highest BCUT2D eigenvalue weighted by molar-refractivity contribution is 6.31. The lowest BCUT2D eigenvalue weighted by Gasteiger charge is -2.19. The number of aromatic nitrogens is 1. The van der Waals surface area contributed by atoms with Crippen molar-refractivity contribution in [2.45, 2.75) is 32.7 Å².